The van der Waals surface area contributed by atoms with Gasteiger partial charge in [0.15, 0.2) is 10.7 Å². The Morgan fingerprint density at radius 2 is 1.94 bits per heavy atom. The highest BCUT2D eigenvalue weighted by molar-refractivity contribution is 6.33. The Labute approximate surface area is 201 Å². The van der Waals surface area contributed by atoms with Gasteiger partial charge in [0.2, 0.25) is 5.91 Å². The average molecular weight is 490 g/mol. The summed E-state index contributed by atoms with van der Waals surface area (Å²) in [6.07, 6.45) is 7.47. The summed E-state index contributed by atoms with van der Waals surface area (Å²) in [4.78, 5) is 36.3. The van der Waals surface area contributed by atoms with Gasteiger partial charge >= 0.3 is 5.82 Å². The van der Waals surface area contributed by atoms with E-state index in [0.717, 1.165) is 38.5 Å². The van der Waals surface area contributed by atoms with E-state index >= 15 is 0 Å². The second-order valence-corrected chi connectivity index (χ2v) is 10.8. The van der Waals surface area contributed by atoms with Crippen LogP contribution in [0.5, 0.6) is 0 Å². The molecule has 11 nitrogen and oxygen atoms in total. The van der Waals surface area contributed by atoms with E-state index in [1.54, 1.807) is 24.9 Å². The van der Waals surface area contributed by atoms with Crippen molar-refractivity contribution in [1.29, 1.82) is 0 Å². The number of hydrogen-bond donors (Lipinski definition) is 2. The summed E-state index contributed by atoms with van der Waals surface area (Å²) in [5.41, 5.74) is 0.587. The summed E-state index contributed by atoms with van der Waals surface area (Å²) in [6, 6.07) is 0. The predicted octanol–water partition coefficient (Wildman–Crippen LogP) is 3.17. The first-order valence-electron chi connectivity index (χ1n) is 11.5. The molecule has 2 aromatic heterocycles. The number of carbonyl (C=O) groups excluding carboxylic acids is 2. The van der Waals surface area contributed by atoms with Gasteiger partial charge in [-0.2, -0.15) is 9.78 Å². The van der Waals surface area contributed by atoms with E-state index in [1.165, 1.54) is 11.7 Å². The smallest absolute Gasteiger partial charge is 0.358 e. The maximum Gasteiger partial charge on any atom is 0.408 e. The van der Waals surface area contributed by atoms with Crippen LogP contribution in [0.3, 0.4) is 0 Å². The SMILES string of the molecule is CNC(=O)c1nn(C)cc1NC(=O)CC12CC3CC(C1)CC(n1nc([N+](=O)[O-])c(Cl)c1C)(C3)C2. The van der Waals surface area contributed by atoms with Gasteiger partial charge in [-0.1, -0.05) is 11.6 Å². The number of nitro groups is 1. The van der Waals surface area contributed by atoms with Crippen LogP contribution in [0, 0.1) is 34.3 Å². The highest BCUT2D eigenvalue weighted by atomic mass is 35.5. The van der Waals surface area contributed by atoms with E-state index in [1.807, 2.05) is 0 Å². The van der Waals surface area contributed by atoms with Gasteiger partial charge in [-0.25, -0.2) is 0 Å². The molecule has 0 saturated heterocycles. The van der Waals surface area contributed by atoms with Gasteiger partial charge in [-0.15, -0.1) is 0 Å². The van der Waals surface area contributed by atoms with Crippen molar-refractivity contribution in [3.8, 4) is 0 Å². The first kappa shape index (κ1) is 22.8. The molecule has 4 fully saturated rings. The van der Waals surface area contributed by atoms with Crippen LogP contribution in [0.2, 0.25) is 5.02 Å². The Kier molecular flexibility index (Phi) is 5.23. The quantitative estimate of drug-likeness (QED) is 0.472. The lowest BCUT2D eigenvalue weighted by molar-refractivity contribution is -0.389. The second kappa shape index (κ2) is 7.79. The molecule has 4 bridgehead atoms. The minimum atomic E-state index is -0.534. The van der Waals surface area contributed by atoms with Crippen LogP contribution in [-0.4, -0.2) is 43.3 Å². The lowest BCUT2D eigenvalue weighted by Gasteiger charge is -2.61. The molecule has 12 heteroatoms. The Balaban J connectivity index is 1.42. The van der Waals surface area contributed by atoms with Crippen LogP contribution in [0.25, 0.3) is 0 Å². The summed E-state index contributed by atoms with van der Waals surface area (Å²) >= 11 is 6.28. The van der Waals surface area contributed by atoms with Crippen LogP contribution in [0.15, 0.2) is 6.20 Å². The second-order valence-electron chi connectivity index (χ2n) is 10.4. The van der Waals surface area contributed by atoms with Crippen LogP contribution >= 0.6 is 11.6 Å². The number of halogens is 1. The third-order valence-electron chi connectivity index (χ3n) is 7.88. The van der Waals surface area contributed by atoms with Crippen molar-refractivity contribution in [2.75, 3.05) is 12.4 Å². The Morgan fingerprint density at radius 1 is 1.26 bits per heavy atom. The minimum Gasteiger partial charge on any atom is -0.358 e. The van der Waals surface area contributed by atoms with Crippen molar-refractivity contribution in [2.45, 2.75) is 57.4 Å². The largest absolute Gasteiger partial charge is 0.408 e. The van der Waals surface area contributed by atoms with E-state index < -0.39 is 4.92 Å². The predicted molar refractivity (Wildman–Crippen MR) is 124 cm³/mol. The normalized spacial score (nSPS) is 29.3. The summed E-state index contributed by atoms with van der Waals surface area (Å²) < 4.78 is 3.29. The molecule has 2 atom stereocenters. The van der Waals surface area contributed by atoms with E-state index in [9.17, 15) is 19.7 Å². The van der Waals surface area contributed by atoms with Crippen LogP contribution < -0.4 is 10.6 Å². The van der Waals surface area contributed by atoms with Gasteiger partial charge in [-0.3, -0.25) is 14.3 Å². The molecule has 2 heterocycles. The molecular formula is C22H28ClN7O4. The maximum atomic E-state index is 13.2. The Morgan fingerprint density at radius 3 is 2.53 bits per heavy atom. The average Bonchev–Trinajstić information content (AvgIpc) is 3.25. The van der Waals surface area contributed by atoms with Crippen molar-refractivity contribution >= 4 is 34.9 Å². The van der Waals surface area contributed by atoms with Gasteiger partial charge in [-0.05, 0) is 67.6 Å². The van der Waals surface area contributed by atoms with Gasteiger partial charge in [0, 0.05) is 26.7 Å². The molecule has 0 radical (unpaired) electrons. The van der Waals surface area contributed by atoms with E-state index in [4.69, 9.17) is 11.6 Å². The molecule has 0 aromatic carbocycles. The van der Waals surface area contributed by atoms with Crippen molar-refractivity contribution in [1.82, 2.24) is 24.9 Å². The molecule has 2 amide bonds. The van der Waals surface area contributed by atoms with E-state index in [0.29, 0.717) is 29.6 Å². The first-order chi connectivity index (χ1) is 16.0. The number of carbonyl (C=O) groups is 2. The molecular weight excluding hydrogens is 462 g/mol. The molecule has 4 aliphatic carbocycles. The zero-order chi connectivity index (χ0) is 24.4. The van der Waals surface area contributed by atoms with E-state index in [-0.39, 0.29) is 39.3 Å². The molecule has 182 valence electrons. The summed E-state index contributed by atoms with van der Waals surface area (Å²) in [5, 5.41) is 25.5. The number of hydrogen-bond acceptors (Lipinski definition) is 6. The summed E-state index contributed by atoms with van der Waals surface area (Å²) in [6.45, 7) is 1.78. The molecule has 2 aromatic rings. The van der Waals surface area contributed by atoms with Gasteiger partial charge < -0.3 is 20.7 Å². The molecule has 2 N–H and O–H groups in total. The number of amides is 2. The number of aromatic nitrogens is 4. The molecule has 34 heavy (non-hydrogen) atoms. The van der Waals surface area contributed by atoms with Crippen molar-refractivity contribution in [3.05, 3.63) is 32.7 Å². The van der Waals surface area contributed by atoms with E-state index in [2.05, 4.69) is 20.8 Å². The fourth-order valence-electron chi connectivity index (χ4n) is 7.30. The number of anilines is 1. The van der Waals surface area contributed by atoms with Crippen molar-refractivity contribution in [3.63, 3.8) is 0 Å². The molecule has 6 rings (SSSR count). The topological polar surface area (TPSA) is 137 Å². The maximum absolute atomic E-state index is 13.2. The monoisotopic (exact) mass is 489 g/mol. The molecule has 4 saturated carbocycles. The first-order valence-corrected chi connectivity index (χ1v) is 11.9. The zero-order valence-electron chi connectivity index (χ0n) is 19.4. The van der Waals surface area contributed by atoms with Crippen LogP contribution in [0.1, 0.15) is 61.1 Å². The van der Waals surface area contributed by atoms with Gasteiger partial charge in [0.05, 0.1) is 22.0 Å². The Hall–Kier alpha value is -2.95. The molecule has 4 aliphatic rings. The molecule has 0 spiro atoms. The molecule has 2 unspecified atom stereocenters. The number of rotatable bonds is 6. The van der Waals surface area contributed by atoms with Gasteiger partial charge in [0.25, 0.3) is 5.91 Å². The van der Waals surface area contributed by atoms with Crippen LogP contribution in [0.4, 0.5) is 11.5 Å². The Bertz CT molecular complexity index is 1190. The number of nitrogens with zero attached hydrogens (tertiary/aromatic N) is 5. The fraction of sp³-hybridized carbons (Fsp3) is 0.636. The fourth-order valence-corrected chi connectivity index (χ4v) is 7.49. The summed E-state index contributed by atoms with van der Waals surface area (Å²) in [5.74, 6) is 0.0550. The van der Waals surface area contributed by atoms with Crippen molar-refractivity contribution < 1.29 is 14.5 Å². The minimum absolute atomic E-state index is 0.0887. The third-order valence-corrected chi connectivity index (χ3v) is 8.32. The lowest BCUT2D eigenvalue weighted by Crippen LogP contribution is -2.57. The number of nitrogens with one attached hydrogen (secondary N) is 2. The lowest BCUT2D eigenvalue weighted by atomic mass is 9.46. The standard InChI is InChI=1S/C22H28ClN7O4/c1-12-17(23)19(30(33)34)27-29(12)22-7-13-4-14(8-22)6-21(5-13,11-22)9-16(31)25-15-10-28(3)26-18(15)20(32)24-2/h10,13-14H,4-9,11H2,1-3H3,(H,24,32)(H,25,31). The number of aryl methyl sites for hydroxylation is 1. The third kappa shape index (κ3) is 3.57. The van der Waals surface area contributed by atoms with Crippen molar-refractivity contribution in [2.24, 2.45) is 24.3 Å². The highest BCUT2D eigenvalue weighted by Gasteiger charge is 2.60. The highest BCUT2D eigenvalue weighted by Crippen LogP contribution is 2.65. The summed E-state index contributed by atoms with van der Waals surface area (Å²) in [7, 11) is 3.22. The zero-order valence-corrected chi connectivity index (χ0v) is 20.2. The van der Waals surface area contributed by atoms with Crippen LogP contribution in [-0.2, 0) is 17.4 Å². The van der Waals surface area contributed by atoms with Gasteiger partial charge in [0.1, 0.15) is 0 Å². The molecule has 0 aliphatic heterocycles.